The van der Waals surface area contributed by atoms with Crippen molar-refractivity contribution in [3.63, 3.8) is 0 Å². The van der Waals surface area contributed by atoms with Crippen molar-refractivity contribution in [3.8, 4) is 0 Å². The van der Waals surface area contributed by atoms with E-state index in [0.29, 0.717) is 12.0 Å². The predicted octanol–water partition coefficient (Wildman–Crippen LogP) is 3.47. The summed E-state index contributed by atoms with van der Waals surface area (Å²) in [7, 11) is 4.16. The summed E-state index contributed by atoms with van der Waals surface area (Å²) in [5.74, 6) is 1.37. The first-order valence-corrected chi connectivity index (χ1v) is 9.89. The molecular formula is C21H29N5O. The zero-order valence-electron chi connectivity index (χ0n) is 16.5. The maximum atomic E-state index is 5.91. The van der Waals surface area contributed by atoms with E-state index in [0.717, 1.165) is 36.6 Å². The lowest BCUT2D eigenvalue weighted by Crippen LogP contribution is -2.42. The number of fused-ring (bicyclic) bond motifs is 1. The van der Waals surface area contributed by atoms with Gasteiger partial charge in [-0.15, -0.1) is 0 Å². The van der Waals surface area contributed by atoms with Gasteiger partial charge in [0.1, 0.15) is 5.52 Å². The van der Waals surface area contributed by atoms with E-state index in [1.165, 1.54) is 24.9 Å². The SMILES string of the molecule is CCN1CCC[C@@H](CN(C)Cc2nc3ccccc3o2)[C@@H]1c1cnn(C)c1. The van der Waals surface area contributed by atoms with Crippen LogP contribution in [0.5, 0.6) is 0 Å². The van der Waals surface area contributed by atoms with Gasteiger partial charge in [-0.3, -0.25) is 14.5 Å². The Morgan fingerprint density at radius 2 is 2.15 bits per heavy atom. The van der Waals surface area contributed by atoms with Crippen LogP contribution in [0.3, 0.4) is 0 Å². The van der Waals surface area contributed by atoms with Crippen molar-refractivity contribution in [1.82, 2.24) is 24.6 Å². The van der Waals surface area contributed by atoms with Crippen LogP contribution in [0.2, 0.25) is 0 Å². The Labute approximate surface area is 160 Å². The van der Waals surface area contributed by atoms with Gasteiger partial charge in [-0.25, -0.2) is 4.98 Å². The van der Waals surface area contributed by atoms with Crippen molar-refractivity contribution < 1.29 is 4.42 Å². The van der Waals surface area contributed by atoms with Gasteiger partial charge in [0.25, 0.3) is 0 Å². The van der Waals surface area contributed by atoms with Gasteiger partial charge in [0.05, 0.1) is 12.7 Å². The Balaban J connectivity index is 1.48. The first-order valence-electron chi connectivity index (χ1n) is 9.89. The first kappa shape index (κ1) is 18.2. The number of likely N-dealkylation sites (tertiary alicyclic amines) is 1. The molecular weight excluding hydrogens is 338 g/mol. The Morgan fingerprint density at radius 3 is 2.89 bits per heavy atom. The second kappa shape index (κ2) is 7.82. The number of hydrogen-bond acceptors (Lipinski definition) is 5. The first-order chi connectivity index (χ1) is 13.1. The molecule has 0 amide bonds. The smallest absolute Gasteiger partial charge is 0.209 e. The normalized spacial score (nSPS) is 21.3. The zero-order chi connectivity index (χ0) is 18.8. The molecule has 1 aliphatic heterocycles. The molecule has 2 atom stereocenters. The van der Waals surface area contributed by atoms with Gasteiger partial charge in [0, 0.05) is 31.4 Å². The lowest BCUT2D eigenvalue weighted by molar-refractivity contribution is 0.0732. The van der Waals surface area contributed by atoms with E-state index < -0.39 is 0 Å². The Kier molecular flexibility index (Phi) is 5.27. The molecule has 0 aliphatic carbocycles. The van der Waals surface area contributed by atoms with E-state index >= 15 is 0 Å². The highest BCUT2D eigenvalue weighted by molar-refractivity contribution is 5.72. The van der Waals surface area contributed by atoms with Crippen LogP contribution in [0.15, 0.2) is 41.1 Å². The molecule has 144 valence electrons. The molecule has 3 aromatic rings. The third kappa shape index (κ3) is 3.92. The van der Waals surface area contributed by atoms with Crippen molar-refractivity contribution in [1.29, 1.82) is 0 Å². The van der Waals surface area contributed by atoms with Crippen molar-refractivity contribution in [3.05, 3.63) is 48.1 Å². The van der Waals surface area contributed by atoms with E-state index in [1.54, 1.807) is 0 Å². The van der Waals surface area contributed by atoms with Crippen molar-refractivity contribution in [2.45, 2.75) is 32.4 Å². The number of para-hydroxylation sites is 2. The lowest BCUT2D eigenvalue weighted by atomic mass is 9.85. The second-order valence-corrected chi connectivity index (χ2v) is 7.70. The maximum absolute atomic E-state index is 5.91. The number of hydrogen-bond donors (Lipinski definition) is 0. The Hall–Kier alpha value is -2.18. The van der Waals surface area contributed by atoms with Crippen LogP contribution in [-0.4, -0.2) is 51.2 Å². The van der Waals surface area contributed by atoms with E-state index in [-0.39, 0.29) is 0 Å². The molecule has 1 saturated heterocycles. The lowest BCUT2D eigenvalue weighted by Gasteiger charge is -2.41. The number of aromatic nitrogens is 3. The minimum atomic E-state index is 0.434. The average Bonchev–Trinajstić information content (AvgIpc) is 3.26. The number of benzene rings is 1. The summed E-state index contributed by atoms with van der Waals surface area (Å²) in [4.78, 5) is 9.57. The summed E-state index contributed by atoms with van der Waals surface area (Å²) in [5, 5.41) is 4.42. The molecule has 0 bridgehead atoms. The summed E-state index contributed by atoms with van der Waals surface area (Å²) in [6.45, 7) is 6.26. The van der Waals surface area contributed by atoms with Gasteiger partial charge >= 0.3 is 0 Å². The van der Waals surface area contributed by atoms with Crippen LogP contribution in [0.1, 0.15) is 37.3 Å². The molecule has 6 nitrogen and oxygen atoms in total. The molecule has 0 unspecified atom stereocenters. The van der Waals surface area contributed by atoms with Gasteiger partial charge in [0.15, 0.2) is 5.58 Å². The molecule has 3 heterocycles. The zero-order valence-corrected chi connectivity index (χ0v) is 16.5. The highest BCUT2D eigenvalue weighted by Crippen LogP contribution is 2.36. The van der Waals surface area contributed by atoms with E-state index in [9.17, 15) is 0 Å². The Bertz CT molecular complexity index is 852. The summed E-state index contributed by atoms with van der Waals surface area (Å²) in [6, 6.07) is 8.40. The molecule has 27 heavy (non-hydrogen) atoms. The fraction of sp³-hybridized carbons (Fsp3) is 0.524. The van der Waals surface area contributed by atoms with E-state index in [1.807, 2.05) is 42.2 Å². The number of nitrogens with zero attached hydrogens (tertiary/aromatic N) is 5. The summed E-state index contributed by atoms with van der Waals surface area (Å²) < 4.78 is 7.82. The van der Waals surface area contributed by atoms with Gasteiger partial charge in [-0.1, -0.05) is 19.1 Å². The number of rotatable bonds is 6. The van der Waals surface area contributed by atoms with Crippen molar-refractivity contribution in [2.24, 2.45) is 13.0 Å². The standard InChI is InChI=1S/C21H29N5O/c1-4-26-11-7-8-16(21(26)17-12-22-25(3)14-17)13-24(2)15-20-23-18-9-5-6-10-19(18)27-20/h5-6,9-10,12,14,16,21H,4,7-8,11,13,15H2,1-3H3/t16-,21+/m0/s1. The highest BCUT2D eigenvalue weighted by Gasteiger charge is 2.33. The quantitative estimate of drug-likeness (QED) is 0.668. The molecule has 0 spiro atoms. The molecule has 2 aromatic heterocycles. The molecule has 1 aliphatic rings. The monoisotopic (exact) mass is 367 g/mol. The molecule has 4 rings (SSSR count). The summed E-state index contributed by atoms with van der Waals surface area (Å²) >= 11 is 0. The summed E-state index contributed by atoms with van der Waals surface area (Å²) in [6.07, 6.45) is 6.71. The van der Waals surface area contributed by atoms with Crippen molar-refractivity contribution >= 4 is 11.1 Å². The highest BCUT2D eigenvalue weighted by atomic mass is 16.3. The van der Waals surface area contributed by atoms with Crippen LogP contribution in [0.25, 0.3) is 11.1 Å². The topological polar surface area (TPSA) is 50.3 Å². The molecule has 1 fully saturated rings. The maximum Gasteiger partial charge on any atom is 0.209 e. The minimum absolute atomic E-state index is 0.434. The number of oxazole rings is 1. The van der Waals surface area contributed by atoms with Crippen LogP contribution >= 0.6 is 0 Å². The van der Waals surface area contributed by atoms with Gasteiger partial charge in [-0.2, -0.15) is 5.10 Å². The summed E-state index contributed by atoms with van der Waals surface area (Å²) in [5.41, 5.74) is 3.13. The van der Waals surface area contributed by atoms with Crippen LogP contribution < -0.4 is 0 Å². The molecule has 0 radical (unpaired) electrons. The Morgan fingerprint density at radius 1 is 1.30 bits per heavy atom. The van der Waals surface area contributed by atoms with Gasteiger partial charge in [0.2, 0.25) is 5.89 Å². The molecule has 1 aromatic carbocycles. The number of piperidine rings is 1. The van der Waals surface area contributed by atoms with Gasteiger partial charge < -0.3 is 4.42 Å². The van der Waals surface area contributed by atoms with Crippen molar-refractivity contribution in [2.75, 3.05) is 26.7 Å². The number of aryl methyl sites for hydroxylation is 1. The third-order valence-corrected chi connectivity index (χ3v) is 5.62. The van der Waals surface area contributed by atoms with Crippen LogP contribution in [0, 0.1) is 5.92 Å². The average molecular weight is 367 g/mol. The van der Waals surface area contributed by atoms with Crippen LogP contribution in [0.4, 0.5) is 0 Å². The molecule has 0 saturated carbocycles. The van der Waals surface area contributed by atoms with Gasteiger partial charge in [-0.05, 0) is 51.0 Å². The third-order valence-electron chi connectivity index (χ3n) is 5.62. The van der Waals surface area contributed by atoms with E-state index in [2.05, 4.69) is 40.1 Å². The van der Waals surface area contributed by atoms with Crippen LogP contribution in [-0.2, 0) is 13.6 Å². The van der Waals surface area contributed by atoms with E-state index in [4.69, 9.17) is 4.42 Å². The predicted molar refractivity (Wildman–Crippen MR) is 106 cm³/mol. The second-order valence-electron chi connectivity index (χ2n) is 7.70. The largest absolute Gasteiger partial charge is 0.439 e. The fourth-order valence-corrected chi connectivity index (χ4v) is 4.46. The fourth-order valence-electron chi connectivity index (χ4n) is 4.46. The molecule has 0 N–H and O–H groups in total. The minimum Gasteiger partial charge on any atom is -0.439 e. The molecule has 6 heteroatoms.